The van der Waals surface area contributed by atoms with Crippen LogP contribution in [0.1, 0.15) is 24.0 Å². The Morgan fingerprint density at radius 1 is 0.979 bits per heavy atom. The number of rotatable bonds is 14. The quantitative estimate of drug-likeness (QED) is 0.114. The standard InChI is InChI=1S/C36H33BrFN3O6S/c1-44-34-22-32-29(21-30(34)36(13-6-15-47-36)14-16-45-17-18-48(42,43)28-9-3-2-4-10-28)35(40-24-39-32)41-27-11-12-33(31(37)20-27)46-23-25-7-5-8-26(38)19-25/h2-12,15,19-22,24H,13-14,16-18,23H2,1H3,(H,39,40,41). The van der Waals surface area contributed by atoms with E-state index in [1.807, 2.05) is 36.4 Å². The van der Waals surface area contributed by atoms with E-state index in [0.717, 1.165) is 22.2 Å². The number of nitrogens with one attached hydrogen (secondary N) is 1. The number of benzene rings is 4. The highest BCUT2D eigenvalue weighted by molar-refractivity contribution is 9.10. The van der Waals surface area contributed by atoms with Crippen LogP contribution in [-0.4, -0.2) is 44.5 Å². The molecule has 1 unspecified atom stereocenters. The normalized spacial score (nSPS) is 15.7. The number of hydrogen-bond acceptors (Lipinski definition) is 9. The first kappa shape index (κ1) is 33.4. The van der Waals surface area contributed by atoms with E-state index in [1.54, 1.807) is 55.8 Å². The van der Waals surface area contributed by atoms with Crippen molar-refractivity contribution in [2.75, 3.05) is 31.4 Å². The second kappa shape index (κ2) is 14.7. The fraction of sp³-hybridized carbons (Fsp3) is 0.222. The first-order chi connectivity index (χ1) is 23.3. The summed E-state index contributed by atoms with van der Waals surface area (Å²) in [5.74, 6) is 1.36. The molecule has 0 bridgehead atoms. The predicted molar refractivity (Wildman–Crippen MR) is 185 cm³/mol. The summed E-state index contributed by atoms with van der Waals surface area (Å²) in [4.78, 5) is 9.30. The number of aromatic nitrogens is 2. The smallest absolute Gasteiger partial charge is 0.180 e. The molecule has 0 saturated carbocycles. The van der Waals surface area contributed by atoms with Crippen LogP contribution in [0.15, 0.2) is 113 Å². The molecule has 0 amide bonds. The molecule has 2 heterocycles. The van der Waals surface area contributed by atoms with E-state index in [9.17, 15) is 12.8 Å². The molecule has 1 atom stereocenters. The molecular weight excluding hydrogens is 701 g/mol. The molecule has 248 valence electrons. The van der Waals surface area contributed by atoms with Crippen LogP contribution in [-0.2, 0) is 31.5 Å². The van der Waals surface area contributed by atoms with Gasteiger partial charge in [0, 0.05) is 35.5 Å². The van der Waals surface area contributed by atoms with Gasteiger partial charge in [-0.1, -0.05) is 30.3 Å². The van der Waals surface area contributed by atoms with Crippen molar-refractivity contribution in [3.05, 3.63) is 125 Å². The van der Waals surface area contributed by atoms with E-state index in [2.05, 4.69) is 31.2 Å². The van der Waals surface area contributed by atoms with Gasteiger partial charge >= 0.3 is 0 Å². The molecule has 1 aliphatic heterocycles. The van der Waals surface area contributed by atoms with Gasteiger partial charge in [-0.25, -0.2) is 22.8 Å². The van der Waals surface area contributed by atoms with Crippen molar-refractivity contribution in [3.8, 4) is 11.5 Å². The molecule has 0 fully saturated rings. The van der Waals surface area contributed by atoms with Gasteiger partial charge in [0.2, 0.25) is 0 Å². The number of methoxy groups -OCH3 is 1. The average molecular weight is 735 g/mol. The number of halogens is 2. The Balaban J connectivity index is 1.18. The van der Waals surface area contributed by atoms with Crippen LogP contribution in [0, 0.1) is 5.82 Å². The third-order valence-electron chi connectivity index (χ3n) is 8.01. The van der Waals surface area contributed by atoms with Gasteiger partial charge in [-0.15, -0.1) is 0 Å². The first-order valence-electron chi connectivity index (χ1n) is 15.2. The lowest BCUT2D eigenvalue weighted by atomic mass is 9.86. The van der Waals surface area contributed by atoms with Gasteiger partial charge in [0.05, 0.1) is 47.2 Å². The molecule has 9 nitrogen and oxygen atoms in total. The van der Waals surface area contributed by atoms with E-state index in [-0.39, 0.29) is 36.3 Å². The SMILES string of the molecule is COc1cc2ncnc(Nc3ccc(OCc4cccc(F)c4)c(Br)c3)c2cc1C1(CCOCCS(=O)(=O)c2ccccc2)CC=CO1. The van der Waals surface area contributed by atoms with Crippen LogP contribution >= 0.6 is 15.9 Å². The van der Waals surface area contributed by atoms with E-state index < -0.39 is 15.4 Å². The van der Waals surface area contributed by atoms with Gasteiger partial charge in [-0.05, 0) is 76.1 Å². The molecule has 5 aromatic rings. The topological polar surface area (TPSA) is 109 Å². The molecule has 0 radical (unpaired) electrons. The van der Waals surface area contributed by atoms with Crippen LogP contribution in [0.2, 0.25) is 0 Å². The fourth-order valence-electron chi connectivity index (χ4n) is 5.52. The predicted octanol–water partition coefficient (Wildman–Crippen LogP) is 7.87. The Hall–Kier alpha value is -4.52. The molecular formula is C36H33BrFN3O6S. The number of nitrogens with zero attached hydrogens (tertiary/aromatic N) is 2. The van der Waals surface area contributed by atoms with Crippen LogP contribution in [0.5, 0.6) is 11.5 Å². The van der Waals surface area contributed by atoms with Crippen molar-refractivity contribution in [1.29, 1.82) is 0 Å². The number of anilines is 2. The molecule has 1 N–H and O–H groups in total. The largest absolute Gasteiger partial charge is 0.496 e. The highest BCUT2D eigenvalue weighted by Crippen LogP contribution is 2.44. The van der Waals surface area contributed by atoms with E-state index in [0.29, 0.717) is 40.1 Å². The van der Waals surface area contributed by atoms with Crippen LogP contribution < -0.4 is 14.8 Å². The summed E-state index contributed by atoms with van der Waals surface area (Å²) < 4.78 is 63.4. The zero-order valence-electron chi connectivity index (χ0n) is 26.1. The van der Waals surface area contributed by atoms with Gasteiger partial charge in [0.15, 0.2) is 9.84 Å². The lowest BCUT2D eigenvalue weighted by molar-refractivity contribution is 0.00121. The minimum absolute atomic E-state index is 0.0572. The molecule has 1 aromatic heterocycles. The van der Waals surface area contributed by atoms with Crippen molar-refractivity contribution < 1.29 is 31.8 Å². The summed E-state index contributed by atoms with van der Waals surface area (Å²) in [5.41, 5.74) is 2.15. The van der Waals surface area contributed by atoms with Crippen molar-refractivity contribution >= 4 is 48.2 Å². The van der Waals surface area contributed by atoms with Crippen molar-refractivity contribution in [1.82, 2.24) is 9.97 Å². The maximum atomic E-state index is 13.6. The summed E-state index contributed by atoms with van der Waals surface area (Å²) >= 11 is 3.58. The van der Waals surface area contributed by atoms with Crippen molar-refractivity contribution in [3.63, 3.8) is 0 Å². The van der Waals surface area contributed by atoms with Gasteiger partial charge in [0.1, 0.15) is 41.7 Å². The number of hydrogen-bond donors (Lipinski definition) is 1. The maximum Gasteiger partial charge on any atom is 0.180 e. The number of sulfone groups is 1. The van der Waals surface area contributed by atoms with Gasteiger partial charge in [-0.2, -0.15) is 0 Å². The first-order valence-corrected chi connectivity index (χ1v) is 17.7. The summed E-state index contributed by atoms with van der Waals surface area (Å²) in [6.45, 7) is 0.549. The lowest BCUT2D eigenvalue weighted by Gasteiger charge is -2.31. The summed E-state index contributed by atoms with van der Waals surface area (Å²) in [7, 11) is -1.85. The Morgan fingerprint density at radius 2 is 1.83 bits per heavy atom. The van der Waals surface area contributed by atoms with Crippen molar-refractivity contribution in [2.24, 2.45) is 0 Å². The minimum Gasteiger partial charge on any atom is -0.496 e. The van der Waals surface area contributed by atoms with E-state index in [1.165, 1.54) is 18.5 Å². The molecule has 0 aliphatic carbocycles. The Kier molecular flexibility index (Phi) is 10.2. The van der Waals surface area contributed by atoms with Gasteiger partial charge < -0.3 is 24.3 Å². The van der Waals surface area contributed by atoms with Crippen LogP contribution in [0.4, 0.5) is 15.9 Å². The third kappa shape index (κ3) is 7.61. The molecule has 6 rings (SSSR count). The van der Waals surface area contributed by atoms with E-state index in [4.69, 9.17) is 18.9 Å². The highest BCUT2D eigenvalue weighted by Gasteiger charge is 2.38. The molecule has 48 heavy (non-hydrogen) atoms. The minimum atomic E-state index is -3.45. The summed E-state index contributed by atoms with van der Waals surface area (Å²) in [5, 5.41) is 4.14. The number of ether oxygens (including phenoxy) is 4. The molecule has 1 aliphatic rings. The third-order valence-corrected chi connectivity index (χ3v) is 10.3. The summed E-state index contributed by atoms with van der Waals surface area (Å²) in [6, 6.07) is 24.0. The maximum absolute atomic E-state index is 13.6. The van der Waals surface area contributed by atoms with Crippen LogP contribution in [0.3, 0.4) is 0 Å². The molecule has 12 heteroatoms. The number of fused-ring (bicyclic) bond motifs is 1. The summed E-state index contributed by atoms with van der Waals surface area (Å²) in [6.07, 6.45) is 6.12. The Labute approximate surface area is 286 Å². The average Bonchev–Trinajstić information content (AvgIpc) is 3.57. The highest BCUT2D eigenvalue weighted by atomic mass is 79.9. The molecule has 4 aromatic carbocycles. The monoisotopic (exact) mass is 733 g/mol. The van der Waals surface area contributed by atoms with Crippen molar-refractivity contribution in [2.45, 2.75) is 29.9 Å². The Bertz CT molecular complexity index is 2040. The molecule has 0 spiro atoms. The lowest BCUT2D eigenvalue weighted by Crippen LogP contribution is -2.28. The fourth-order valence-corrected chi connectivity index (χ4v) is 7.15. The Morgan fingerprint density at radius 3 is 2.58 bits per heavy atom. The van der Waals surface area contributed by atoms with Gasteiger partial charge in [0.25, 0.3) is 0 Å². The van der Waals surface area contributed by atoms with E-state index >= 15 is 0 Å². The van der Waals surface area contributed by atoms with Gasteiger partial charge in [-0.3, -0.25) is 0 Å². The molecule has 0 saturated heterocycles. The second-order valence-corrected chi connectivity index (χ2v) is 14.1. The van der Waals surface area contributed by atoms with Crippen LogP contribution in [0.25, 0.3) is 10.9 Å². The second-order valence-electron chi connectivity index (χ2n) is 11.2. The zero-order valence-corrected chi connectivity index (χ0v) is 28.5. The zero-order chi connectivity index (χ0) is 33.6.